The number of hydrogen-bond donors (Lipinski definition) is 1. The number of benzene rings is 3. The van der Waals surface area contributed by atoms with E-state index in [0.717, 1.165) is 10.4 Å². The Labute approximate surface area is 218 Å². The number of rotatable bonds is 6. The van der Waals surface area contributed by atoms with Gasteiger partial charge in [0, 0.05) is 39.5 Å². The van der Waals surface area contributed by atoms with Crippen molar-refractivity contribution in [2.24, 2.45) is 5.10 Å². The van der Waals surface area contributed by atoms with Crippen molar-refractivity contribution in [2.75, 3.05) is 0 Å². The molecular weight excluding hydrogens is 521 g/mol. The minimum atomic E-state index is -0.485. The van der Waals surface area contributed by atoms with Crippen LogP contribution in [-0.2, 0) is 0 Å². The number of halogens is 2. The van der Waals surface area contributed by atoms with E-state index in [1.807, 2.05) is 36.4 Å². The van der Waals surface area contributed by atoms with E-state index in [1.165, 1.54) is 29.7 Å². The predicted molar refractivity (Wildman–Crippen MR) is 143 cm³/mol. The molecule has 5 aromatic rings. The zero-order valence-corrected chi connectivity index (χ0v) is 20.6. The maximum Gasteiger partial charge on any atom is 0.283 e. The van der Waals surface area contributed by atoms with Gasteiger partial charge < -0.3 is 0 Å². The van der Waals surface area contributed by atoms with Crippen molar-refractivity contribution < 1.29 is 9.72 Å². The molecule has 0 atom stereocenters. The summed E-state index contributed by atoms with van der Waals surface area (Å²) in [6.07, 6.45) is 3.16. The van der Waals surface area contributed by atoms with E-state index in [-0.39, 0.29) is 15.6 Å². The Morgan fingerprint density at radius 2 is 1.86 bits per heavy atom. The molecule has 0 bridgehead atoms. The molecule has 8 nitrogen and oxygen atoms in total. The number of para-hydroxylation sites is 1. The van der Waals surface area contributed by atoms with Gasteiger partial charge in [0.2, 0.25) is 0 Å². The van der Waals surface area contributed by atoms with E-state index >= 15 is 0 Å². The van der Waals surface area contributed by atoms with Gasteiger partial charge in [0.25, 0.3) is 11.6 Å². The number of nitrogens with one attached hydrogen (secondary N) is 1. The first kappa shape index (κ1) is 23.7. The minimum Gasteiger partial charge on any atom is -0.266 e. The van der Waals surface area contributed by atoms with Gasteiger partial charge in [-0.25, -0.2) is 10.1 Å². The molecule has 0 saturated heterocycles. The molecule has 0 aliphatic rings. The normalized spacial score (nSPS) is 11.3. The fourth-order valence-corrected chi connectivity index (χ4v) is 5.46. The van der Waals surface area contributed by atoms with Crippen LogP contribution >= 0.6 is 34.5 Å². The van der Waals surface area contributed by atoms with Gasteiger partial charge in [0.1, 0.15) is 10.6 Å². The van der Waals surface area contributed by atoms with E-state index in [2.05, 4.69) is 15.6 Å². The topological polar surface area (TPSA) is 102 Å². The van der Waals surface area contributed by atoms with E-state index in [4.69, 9.17) is 23.2 Å². The third-order valence-electron chi connectivity index (χ3n) is 5.28. The summed E-state index contributed by atoms with van der Waals surface area (Å²) in [5, 5.41) is 21.4. The highest BCUT2D eigenvalue weighted by molar-refractivity contribution is 7.21. The van der Waals surface area contributed by atoms with Gasteiger partial charge in [-0.05, 0) is 24.3 Å². The number of fused-ring (bicyclic) bond motifs is 1. The lowest BCUT2D eigenvalue weighted by Gasteiger charge is -2.01. The van der Waals surface area contributed by atoms with Gasteiger partial charge in [-0.3, -0.25) is 14.9 Å². The molecule has 1 amide bonds. The fourth-order valence-electron chi connectivity index (χ4n) is 3.61. The van der Waals surface area contributed by atoms with Crippen molar-refractivity contribution in [3.8, 4) is 16.9 Å². The SMILES string of the molecule is O=C(N/N=C\c1cn(-c2ccccc2)nc1-c1cccc([N+](=O)[O-])c1)c1sc2cccc(Cl)c2c1Cl. The van der Waals surface area contributed by atoms with Gasteiger partial charge in [-0.1, -0.05) is 59.6 Å². The van der Waals surface area contributed by atoms with Gasteiger partial charge in [0.15, 0.2) is 0 Å². The Kier molecular flexibility index (Phi) is 6.51. The van der Waals surface area contributed by atoms with E-state index in [9.17, 15) is 14.9 Å². The van der Waals surface area contributed by atoms with Crippen LogP contribution < -0.4 is 5.43 Å². The molecule has 3 aromatic carbocycles. The largest absolute Gasteiger partial charge is 0.283 e. The molecule has 0 fully saturated rings. The number of aromatic nitrogens is 2. The molecule has 11 heteroatoms. The molecule has 2 heterocycles. The first-order valence-electron chi connectivity index (χ1n) is 10.5. The molecule has 0 saturated carbocycles. The van der Waals surface area contributed by atoms with Crippen molar-refractivity contribution in [2.45, 2.75) is 0 Å². The van der Waals surface area contributed by atoms with Crippen LogP contribution in [0.25, 0.3) is 27.0 Å². The maximum absolute atomic E-state index is 12.8. The molecule has 0 aliphatic carbocycles. The van der Waals surface area contributed by atoms with Crippen LogP contribution in [0.3, 0.4) is 0 Å². The first-order chi connectivity index (χ1) is 17.4. The molecule has 36 heavy (non-hydrogen) atoms. The second-order valence-corrected chi connectivity index (χ2v) is 9.42. The Balaban J connectivity index is 1.48. The van der Waals surface area contributed by atoms with Crippen LogP contribution in [0, 0.1) is 10.1 Å². The summed E-state index contributed by atoms with van der Waals surface area (Å²) >= 11 is 13.9. The summed E-state index contributed by atoms with van der Waals surface area (Å²) in [6.45, 7) is 0. The Bertz CT molecular complexity index is 1650. The lowest BCUT2D eigenvalue weighted by Crippen LogP contribution is -2.16. The smallest absolute Gasteiger partial charge is 0.266 e. The first-order valence-corrected chi connectivity index (χ1v) is 12.1. The van der Waals surface area contributed by atoms with Crippen LogP contribution in [0.15, 0.2) is 84.1 Å². The molecule has 0 radical (unpaired) electrons. The van der Waals surface area contributed by atoms with Crippen LogP contribution in [0.5, 0.6) is 0 Å². The van der Waals surface area contributed by atoms with Crippen molar-refractivity contribution in [3.05, 3.63) is 110 Å². The standard InChI is InChI=1S/C25H15Cl2N5O3S/c26-19-10-5-11-20-21(19)22(27)24(36-20)25(33)29-28-13-16-14-31(17-7-2-1-3-8-17)30-23(16)15-6-4-9-18(12-15)32(34)35/h1-14H,(H,29,33)/b28-13-. The van der Waals surface area contributed by atoms with Gasteiger partial charge in [-0.2, -0.15) is 10.2 Å². The molecule has 5 rings (SSSR count). The third kappa shape index (κ3) is 4.59. The number of non-ortho nitro benzene ring substituents is 1. The number of nitro groups is 1. The Hall–Kier alpha value is -4.05. The van der Waals surface area contributed by atoms with Crippen molar-refractivity contribution in [1.82, 2.24) is 15.2 Å². The lowest BCUT2D eigenvalue weighted by molar-refractivity contribution is -0.384. The van der Waals surface area contributed by atoms with Crippen molar-refractivity contribution in [1.29, 1.82) is 0 Å². The highest BCUT2D eigenvalue weighted by Gasteiger charge is 2.19. The van der Waals surface area contributed by atoms with Crippen molar-refractivity contribution in [3.63, 3.8) is 0 Å². The lowest BCUT2D eigenvalue weighted by atomic mass is 10.1. The minimum absolute atomic E-state index is 0.0592. The number of nitro benzene ring substituents is 1. The number of carbonyl (C=O) groups is 1. The highest BCUT2D eigenvalue weighted by atomic mass is 35.5. The number of carbonyl (C=O) groups excluding carboxylic acids is 1. The second-order valence-electron chi connectivity index (χ2n) is 7.58. The zero-order valence-electron chi connectivity index (χ0n) is 18.3. The van der Waals surface area contributed by atoms with E-state index < -0.39 is 10.8 Å². The monoisotopic (exact) mass is 535 g/mol. The maximum atomic E-state index is 12.8. The number of thiophene rings is 1. The Morgan fingerprint density at radius 1 is 1.08 bits per heavy atom. The number of hydrazone groups is 1. The predicted octanol–water partition coefficient (Wildman–Crippen LogP) is 6.73. The average Bonchev–Trinajstić information content (AvgIpc) is 3.47. The van der Waals surface area contributed by atoms with Crippen LogP contribution in [-0.4, -0.2) is 26.8 Å². The van der Waals surface area contributed by atoms with Crippen LogP contribution in [0.4, 0.5) is 5.69 Å². The number of hydrogen-bond acceptors (Lipinski definition) is 6. The molecule has 0 spiro atoms. The molecule has 2 aromatic heterocycles. The molecular formula is C25H15Cl2N5O3S. The summed E-state index contributed by atoms with van der Waals surface area (Å²) in [7, 11) is 0. The summed E-state index contributed by atoms with van der Waals surface area (Å²) in [5.41, 5.74) is 4.78. The second kappa shape index (κ2) is 9.90. The number of amides is 1. The third-order valence-corrected chi connectivity index (χ3v) is 7.23. The van der Waals surface area contributed by atoms with Crippen LogP contribution in [0.2, 0.25) is 10.0 Å². The zero-order chi connectivity index (χ0) is 25.2. The highest BCUT2D eigenvalue weighted by Crippen LogP contribution is 2.39. The van der Waals surface area contributed by atoms with Gasteiger partial charge >= 0.3 is 0 Å². The molecule has 0 aliphatic heterocycles. The number of nitrogens with zero attached hydrogens (tertiary/aromatic N) is 4. The quantitative estimate of drug-likeness (QED) is 0.148. The van der Waals surface area contributed by atoms with Gasteiger partial charge in [0.05, 0.1) is 26.9 Å². The van der Waals surface area contributed by atoms with E-state index in [1.54, 1.807) is 35.1 Å². The Morgan fingerprint density at radius 3 is 2.61 bits per heavy atom. The summed E-state index contributed by atoms with van der Waals surface area (Å²) < 4.78 is 2.43. The summed E-state index contributed by atoms with van der Waals surface area (Å²) in [4.78, 5) is 23.9. The van der Waals surface area contributed by atoms with Crippen LogP contribution in [0.1, 0.15) is 15.2 Å². The molecule has 0 unspecified atom stereocenters. The fraction of sp³-hybridized carbons (Fsp3) is 0. The van der Waals surface area contributed by atoms with Crippen molar-refractivity contribution >= 4 is 62.4 Å². The van der Waals surface area contributed by atoms with E-state index in [0.29, 0.717) is 27.2 Å². The average molecular weight is 536 g/mol. The molecule has 178 valence electrons. The van der Waals surface area contributed by atoms with Gasteiger partial charge in [-0.15, -0.1) is 11.3 Å². The summed E-state index contributed by atoms with van der Waals surface area (Å²) in [6, 6.07) is 20.9. The molecule has 1 N–H and O–H groups in total. The summed E-state index contributed by atoms with van der Waals surface area (Å²) in [5.74, 6) is -0.485.